The van der Waals surface area contributed by atoms with E-state index in [1.54, 1.807) is 4.90 Å². The number of likely N-dealkylation sites (tertiary alicyclic amines) is 1. The summed E-state index contributed by atoms with van der Waals surface area (Å²) < 4.78 is 54.6. The zero-order valence-corrected chi connectivity index (χ0v) is 20.6. The molecule has 1 saturated heterocycles. The maximum atomic E-state index is 13.9. The van der Waals surface area contributed by atoms with Crippen LogP contribution in [0.4, 0.5) is 14.5 Å². The van der Waals surface area contributed by atoms with Gasteiger partial charge in [-0.25, -0.2) is 8.78 Å². The Bertz CT molecular complexity index is 1360. The first-order valence-corrected chi connectivity index (χ1v) is 13.1. The maximum absolute atomic E-state index is 13.9. The molecule has 0 aliphatic carbocycles. The number of piperidine rings is 1. The lowest BCUT2D eigenvalue weighted by molar-refractivity contribution is -0.130. The average Bonchev–Trinajstić information content (AvgIpc) is 2.91. The minimum absolute atomic E-state index is 0.00334. The molecule has 4 rings (SSSR count). The number of nitrogens with one attached hydrogen (secondary N) is 1. The lowest BCUT2D eigenvalue weighted by Crippen LogP contribution is -2.42. The van der Waals surface area contributed by atoms with Crippen LogP contribution in [-0.2, 0) is 14.8 Å². The lowest BCUT2D eigenvalue weighted by atomic mass is 10.1. The van der Waals surface area contributed by atoms with Gasteiger partial charge in [0.05, 0.1) is 17.1 Å². The third-order valence-electron chi connectivity index (χ3n) is 5.76. The number of nitrogens with zero attached hydrogens (tertiary/aromatic N) is 2. The van der Waals surface area contributed by atoms with E-state index in [1.165, 1.54) is 48.5 Å². The molecule has 3 aromatic rings. The molecule has 2 amide bonds. The van der Waals surface area contributed by atoms with Crippen molar-refractivity contribution in [3.8, 4) is 5.75 Å². The molecule has 37 heavy (non-hydrogen) atoms. The number of rotatable bonds is 8. The van der Waals surface area contributed by atoms with Gasteiger partial charge in [-0.2, -0.15) is 8.42 Å². The van der Waals surface area contributed by atoms with Gasteiger partial charge in [-0.05, 0) is 79.9 Å². The van der Waals surface area contributed by atoms with Crippen molar-refractivity contribution in [2.24, 2.45) is 0 Å². The molecule has 3 aromatic carbocycles. The highest BCUT2D eigenvalue weighted by molar-refractivity contribution is 7.92. The van der Waals surface area contributed by atoms with Crippen LogP contribution < -0.4 is 14.6 Å². The van der Waals surface area contributed by atoms with E-state index in [1.807, 2.05) is 0 Å². The molecule has 0 radical (unpaired) electrons. The average molecular weight is 530 g/mol. The predicted octanol–water partition coefficient (Wildman–Crippen LogP) is 3.90. The summed E-state index contributed by atoms with van der Waals surface area (Å²) in [6.07, 6.45) is 2.96. The SMILES string of the molecule is O=C(NCC(=O)N1CCCCC1)c1ccc(S(=O)(=O)N(Oc2ccc(F)cc2)c2cccc(F)c2)cc1. The molecule has 8 nitrogen and oxygen atoms in total. The fourth-order valence-corrected chi connectivity index (χ4v) is 5.06. The minimum Gasteiger partial charge on any atom is -0.364 e. The van der Waals surface area contributed by atoms with Gasteiger partial charge in [0.2, 0.25) is 5.91 Å². The summed E-state index contributed by atoms with van der Waals surface area (Å²) in [7, 11) is -4.40. The van der Waals surface area contributed by atoms with Crippen LogP contribution in [-0.4, -0.2) is 44.8 Å². The van der Waals surface area contributed by atoms with Crippen LogP contribution in [0.5, 0.6) is 5.75 Å². The van der Waals surface area contributed by atoms with Gasteiger partial charge in [0, 0.05) is 24.7 Å². The summed E-state index contributed by atoms with van der Waals surface area (Å²) >= 11 is 0. The molecule has 1 N–H and O–H groups in total. The van der Waals surface area contributed by atoms with Gasteiger partial charge in [-0.3, -0.25) is 9.59 Å². The van der Waals surface area contributed by atoms with Crippen molar-refractivity contribution in [3.05, 3.63) is 90.0 Å². The minimum atomic E-state index is -4.40. The second-order valence-electron chi connectivity index (χ2n) is 8.41. The number of hydrogen-bond donors (Lipinski definition) is 1. The molecule has 1 aliphatic heterocycles. The highest BCUT2D eigenvalue weighted by Gasteiger charge is 2.28. The van der Waals surface area contributed by atoms with Crippen molar-refractivity contribution >= 4 is 27.5 Å². The van der Waals surface area contributed by atoms with Crippen LogP contribution in [0, 0.1) is 11.6 Å². The summed E-state index contributed by atoms with van der Waals surface area (Å²) in [5.41, 5.74) is 0.0320. The van der Waals surface area contributed by atoms with E-state index in [9.17, 15) is 26.8 Å². The van der Waals surface area contributed by atoms with Crippen molar-refractivity contribution in [1.29, 1.82) is 0 Å². The fraction of sp³-hybridized carbons (Fsp3) is 0.231. The van der Waals surface area contributed by atoms with E-state index in [4.69, 9.17) is 4.84 Å². The molecule has 0 atom stereocenters. The summed E-state index contributed by atoms with van der Waals surface area (Å²) in [6.45, 7) is 1.18. The lowest BCUT2D eigenvalue weighted by Gasteiger charge is -2.26. The molecule has 0 unspecified atom stereocenters. The maximum Gasteiger partial charge on any atom is 0.295 e. The fourth-order valence-electron chi connectivity index (χ4n) is 3.81. The smallest absolute Gasteiger partial charge is 0.295 e. The number of amides is 2. The summed E-state index contributed by atoms with van der Waals surface area (Å²) in [5.74, 6) is -1.93. The Labute approximate surface area is 213 Å². The Morgan fingerprint density at radius 3 is 2.22 bits per heavy atom. The van der Waals surface area contributed by atoms with Gasteiger partial charge < -0.3 is 15.1 Å². The molecular weight excluding hydrogens is 504 g/mol. The molecule has 1 aliphatic rings. The molecule has 194 valence electrons. The molecule has 1 fully saturated rings. The molecule has 11 heteroatoms. The highest BCUT2D eigenvalue weighted by atomic mass is 32.2. The zero-order valence-electron chi connectivity index (χ0n) is 19.8. The number of sulfonamides is 1. The number of halogens is 2. The van der Waals surface area contributed by atoms with E-state index in [2.05, 4.69) is 5.32 Å². The van der Waals surface area contributed by atoms with Crippen LogP contribution in [0.2, 0.25) is 0 Å². The van der Waals surface area contributed by atoms with Crippen molar-refractivity contribution in [1.82, 2.24) is 10.2 Å². The standard InChI is InChI=1S/C26H25F2N3O5S/c27-20-9-11-23(12-10-20)36-31(22-6-4-5-21(28)17-22)37(34,35)24-13-7-19(8-14-24)26(33)29-18-25(32)30-15-2-1-3-16-30/h4-14,17H,1-3,15-16,18H2,(H,29,33). The van der Waals surface area contributed by atoms with Gasteiger partial charge in [0.1, 0.15) is 11.6 Å². The number of benzene rings is 3. The second kappa shape index (κ2) is 11.4. The van der Waals surface area contributed by atoms with Crippen molar-refractivity contribution < 1.29 is 31.6 Å². The Morgan fingerprint density at radius 1 is 0.892 bits per heavy atom. The largest absolute Gasteiger partial charge is 0.364 e. The molecule has 1 heterocycles. The molecule has 0 spiro atoms. The van der Waals surface area contributed by atoms with Gasteiger partial charge in [0.15, 0.2) is 5.75 Å². The summed E-state index contributed by atoms with van der Waals surface area (Å²) in [6, 6.07) is 14.4. The van der Waals surface area contributed by atoms with Crippen molar-refractivity contribution in [3.63, 3.8) is 0 Å². The van der Waals surface area contributed by atoms with Crippen LogP contribution in [0.25, 0.3) is 0 Å². The summed E-state index contributed by atoms with van der Waals surface area (Å²) in [4.78, 5) is 31.8. The van der Waals surface area contributed by atoms with Crippen molar-refractivity contribution in [2.75, 3.05) is 24.1 Å². The van der Waals surface area contributed by atoms with E-state index in [0.717, 1.165) is 43.5 Å². The van der Waals surface area contributed by atoms with Crippen LogP contribution >= 0.6 is 0 Å². The number of hydrogen-bond acceptors (Lipinski definition) is 5. The quantitative estimate of drug-likeness (QED) is 0.447. The first-order chi connectivity index (χ1) is 17.7. The van der Waals surface area contributed by atoms with Crippen molar-refractivity contribution in [2.45, 2.75) is 24.2 Å². The molecular formula is C26H25F2N3O5S. The van der Waals surface area contributed by atoms with Gasteiger partial charge in [-0.15, -0.1) is 0 Å². The number of carbonyl (C=O) groups excluding carboxylic acids is 2. The Balaban J connectivity index is 1.51. The Kier molecular flexibility index (Phi) is 8.02. The molecule has 0 bridgehead atoms. The van der Waals surface area contributed by atoms with Gasteiger partial charge in [-0.1, -0.05) is 10.5 Å². The van der Waals surface area contributed by atoms with Gasteiger partial charge >= 0.3 is 0 Å². The van der Waals surface area contributed by atoms with Crippen LogP contribution in [0.15, 0.2) is 77.7 Å². The first-order valence-electron chi connectivity index (χ1n) is 11.6. The van der Waals surface area contributed by atoms with Crippen LogP contribution in [0.3, 0.4) is 0 Å². The Morgan fingerprint density at radius 2 is 1.57 bits per heavy atom. The van der Waals surface area contributed by atoms with E-state index in [-0.39, 0.29) is 34.3 Å². The highest BCUT2D eigenvalue weighted by Crippen LogP contribution is 2.27. The molecule has 0 aromatic heterocycles. The van der Waals surface area contributed by atoms with E-state index in [0.29, 0.717) is 17.6 Å². The normalized spacial score (nSPS) is 13.6. The van der Waals surface area contributed by atoms with E-state index >= 15 is 0 Å². The monoisotopic (exact) mass is 529 g/mol. The number of carbonyl (C=O) groups is 2. The molecule has 0 saturated carbocycles. The third-order valence-corrected chi connectivity index (χ3v) is 7.35. The van der Waals surface area contributed by atoms with Crippen LogP contribution in [0.1, 0.15) is 29.6 Å². The third kappa shape index (κ3) is 6.42. The summed E-state index contributed by atoms with van der Waals surface area (Å²) in [5, 5.41) is 2.56. The predicted molar refractivity (Wildman–Crippen MR) is 132 cm³/mol. The van der Waals surface area contributed by atoms with Gasteiger partial charge in [0.25, 0.3) is 15.9 Å². The first kappa shape index (κ1) is 26.1. The number of anilines is 1. The topological polar surface area (TPSA) is 96.0 Å². The van der Waals surface area contributed by atoms with E-state index < -0.39 is 27.6 Å². The zero-order chi connectivity index (χ0) is 26.4. The Hall–Kier alpha value is -3.99. The second-order valence-corrected chi connectivity index (χ2v) is 10.2.